The number of hydrogen-bond acceptors (Lipinski definition) is 6. The summed E-state index contributed by atoms with van der Waals surface area (Å²) in [7, 11) is -2.22. The lowest BCUT2D eigenvalue weighted by Crippen LogP contribution is -2.23. The van der Waals surface area contributed by atoms with Crippen LogP contribution >= 0.6 is 11.3 Å². The minimum atomic E-state index is -4.00. The number of thiazole rings is 1. The molecule has 3 rings (SSSR count). The first-order valence-corrected chi connectivity index (χ1v) is 9.03. The lowest BCUT2D eigenvalue weighted by atomic mass is 10.3. The largest absolute Gasteiger partial charge is 0.318 e. The highest BCUT2D eigenvalue weighted by Crippen LogP contribution is 2.17. The fourth-order valence-corrected chi connectivity index (χ4v) is 3.99. The van der Waals surface area contributed by atoms with Gasteiger partial charge < -0.3 is 4.57 Å². The molecule has 0 aliphatic carbocycles. The Balaban J connectivity index is 1.98. The van der Waals surface area contributed by atoms with Crippen molar-refractivity contribution >= 4 is 37.3 Å². The monoisotopic (exact) mass is 364 g/mol. The first kappa shape index (κ1) is 16.1. The lowest BCUT2D eigenvalue weighted by Gasteiger charge is -2.02. The average Bonchev–Trinajstić information content (AvgIpc) is 2.90. The Hall–Kier alpha value is -2.72. The van der Waals surface area contributed by atoms with Crippen LogP contribution in [0.1, 0.15) is 0 Å². The number of aryl methyl sites for hydroxylation is 1. The number of aromatic nitrogens is 1. The molecule has 0 radical (unpaired) electrons. The molecule has 124 valence electrons. The molecular formula is C14H12N4O4S2. The number of para-hydroxylation sites is 1. The van der Waals surface area contributed by atoms with Gasteiger partial charge in [0.2, 0.25) is 4.80 Å². The first-order chi connectivity index (χ1) is 11.4. The third-order valence-electron chi connectivity index (χ3n) is 3.31. The van der Waals surface area contributed by atoms with Gasteiger partial charge in [-0.25, -0.2) is 0 Å². The van der Waals surface area contributed by atoms with E-state index >= 15 is 0 Å². The van der Waals surface area contributed by atoms with Gasteiger partial charge in [0.05, 0.1) is 20.0 Å². The van der Waals surface area contributed by atoms with Crippen molar-refractivity contribution in [1.82, 2.24) is 9.40 Å². The van der Waals surface area contributed by atoms with Crippen molar-refractivity contribution < 1.29 is 13.3 Å². The minimum Gasteiger partial charge on any atom is -0.318 e. The van der Waals surface area contributed by atoms with Crippen LogP contribution < -0.4 is 9.63 Å². The van der Waals surface area contributed by atoms with Gasteiger partial charge in [-0.2, -0.15) is 13.2 Å². The Kier molecular flexibility index (Phi) is 4.08. The van der Waals surface area contributed by atoms with Crippen LogP contribution in [0, 0.1) is 10.1 Å². The highest BCUT2D eigenvalue weighted by molar-refractivity contribution is 7.89. The quantitative estimate of drug-likeness (QED) is 0.564. The lowest BCUT2D eigenvalue weighted by molar-refractivity contribution is -0.385. The number of sulfonamides is 1. The third kappa shape index (κ3) is 3.01. The van der Waals surface area contributed by atoms with Gasteiger partial charge in [-0.15, -0.1) is 5.10 Å². The van der Waals surface area contributed by atoms with E-state index in [0.29, 0.717) is 4.80 Å². The van der Waals surface area contributed by atoms with Crippen LogP contribution in [-0.2, 0) is 17.1 Å². The van der Waals surface area contributed by atoms with E-state index in [4.69, 9.17) is 0 Å². The maximum Gasteiger partial charge on any atom is 0.276 e. The maximum absolute atomic E-state index is 12.3. The molecular weight excluding hydrogens is 352 g/mol. The van der Waals surface area contributed by atoms with Crippen LogP contribution in [-0.4, -0.2) is 17.9 Å². The normalized spacial score (nSPS) is 12.5. The molecule has 0 fully saturated rings. The Morgan fingerprint density at radius 2 is 1.96 bits per heavy atom. The van der Waals surface area contributed by atoms with E-state index in [1.54, 1.807) is 11.6 Å². The second-order valence-electron chi connectivity index (χ2n) is 4.87. The molecule has 0 spiro atoms. The molecule has 3 aromatic rings. The van der Waals surface area contributed by atoms with Gasteiger partial charge in [0.25, 0.3) is 15.7 Å². The second kappa shape index (κ2) is 6.06. The van der Waals surface area contributed by atoms with E-state index in [1.807, 2.05) is 24.3 Å². The minimum absolute atomic E-state index is 0.218. The molecule has 0 saturated heterocycles. The van der Waals surface area contributed by atoms with Gasteiger partial charge in [-0.1, -0.05) is 29.5 Å². The Bertz CT molecular complexity index is 1100. The van der Waals surface area contributed by atoms with Crippen molar-refractivity contribution in [3.05, 3.63) is 63.4 Å². The number of fused-ring (bicyclic) bond motifs is 1. The van der Waals surface area contributed by atoms with Crippen molar-refractivity contribution in [3.8, 4) is 0 Å². The predicted octanol–water partition coefficient (Wildman–Crippen LogP) is 1.94. The Morgan fingerprint density at radius 3 is 2.67 bits per heavy atom. The number of nitrogens with zero attached hydrogens (tertiary/aromatic N) is 3. The van der Waals surface area contributed by atoms with Crippen LogP contribution in [0.5, 0.6) is 0 Å². The van der Waals surface area contributed by atoms with Gasteiger partial charge in [0.15, 0.2) is 0 Å². The fourth-order valence-electron chi connectivity index (χ4n) is 2.10. The van der Waals surface area contributed by atoms with Gasteiger partial charge in [0, 0.05) is 19.2 Å². The summed E-state index contributed by atoms with van der Waals surface area (Å²) in [4.78, 5) is 12.5. The van der Waals surface area contributed by atoms with Crippen LogP contribution in [0.3, 0.4) is 0 Å². The van der Waals surface area contributed by atoms with Gasteiger partial charge in [-0.3, -0.25) is 10.1 Å². The summed E-state index contributed by atoms with van der Waals surface area (Å²) in [6.45, 7) is 0. The highest BCUT2D eigenvalue weighted by atomic mass is 32.2. The van der Waals surface area contributed by atoms with Gasteiger partial charge >= 0.3 is 0 Å². The van der Waals surface area contributed by atoms with Gasteiger partial charge in [0.1, 0.15) is 0 Å². The fraction of sp³-hybridized carbons (Fsp3) is 0.0714. The van der Waals surface area contributed by atoms with Crippen LogP contribution in [0.25, 0.3) is 10.2 Å². The van der Waals surface area contributed by atoms with E-state index in [1.165, 1.54) is 29.5 Å². The van der Waals surface area contributed by atoms with Crippen LogP contribution in [0.4, 0.5) is 5.69 Å². The predicted molar refractivity (Wildman–Crippen MR) is 89.8 cm³/mol. The molecule has 1 N–H and O–H groups in total. The number of hydrogen-bond donors (Lipinski definition) is 1. The van der Waals surface area contributed by atoms with E-state index < -0.39 is 14.9 Å². The SMILES string of the molecule is Cn1/c(=N\NS(=O)(=O)c2cccc([N+](=O)[O-])c2)sc2ccccc21. The number of nitrogens with one attached hydrogen (secondary N) is 1. The molecule has 0 saturated carbocycles. The zero-order chi connectivity index (χ0) is 17.3. The molecule has 8 nitrogen and oxygen atoms in total. The highest BCUT2D eigenvalue weighted by Gasteiger charge is 2.17. The summed E-state index contributed by atoms with van der Waals surface area (Å²) < 4.78 is 27.3. The summed E-state index contributed by atoms with van der Waals surface area (Å²) >= 11 is 1.33. The molecule has 1 heterocycles. The Morgan fingerprint density at radius 1 is 1.21 bits per heavy atom. The summed E-state index contributed by atoms with van der Waals surface area (Å²) in [6, 6.07) is 12.4. The molecule has 0 atom stereocenters. The van der Waals surface area contributed by atoms with Crippen LogP contribution in [0.15, 0.2) is 58.5 Å². The van der Waals surface area contributed by atoms with Crippen molar-refractivity contribution in [2.45, 2.75) is 4.90 Å². The standard InChI is InChI=1S/C14H12N4O4S2/c1-17-12-7-2-3-8-13(12)23-14(17)15-16-24(21,22)11-6-4-5-10(9-11)18(19)20/h2-9,16H,1H3/b15-14+. The first-order valence-electron chi connectivity index (χ1n) is 6.73. The Labute approximate surface area is 140 Å². The van der Waals surface area contributed by atoms with E-state index in [0.717, 1.165) is 16.3 Å². The number of nitro benzene ring substituents is 1. The molecule has 0 amide bonds. The summed E-state index contributed by atoms with van der Waals surface area (Å²) in [6.07, 6.45) is 0. The molecule has 0 unspecified atom stereocenters. The van der Waals surface area contributed by atoms with E-state index in [2.05, 4.69) is 9.93 Å². The second-order valence-corrected chi connectivity index (χ2v) is 7.54. The summed E-state index contributed by atoms with van der Waals surface area (Å²) in [5.74, 6) is 0. The number of benzene rings is 2. The molecule has 2 aromatic carbocycles. The maximum atomic E-state index is 12.3. The molecule has 0 bridgehead atoms. The molecule has 0 aliphatic rings. The zero-order valence-electron chi connectivity index (χ0n) is 12.4. The smallest absolute Gasteiger partial charge is 0.276 e. The number of nitro groups is 1. The van der Waals surface area contributed by atoms with Crippen molar-refractivity contribution in [3.63, 3.8) is 0 Å². The third-order valence-corrected chi connectivity index (χ3v) is 5.63. The summed E-state index contributed by atoms with van der Waals surface area (Å²) in [5, 5.41) is 14.7. The van der Waals surface area contributed by atoms with Crippen molar-refractivity contribution in [2.75, 3.05) is 0 Å². The summed E-state index contributed by atoms with van der Waals surface area (Å²) in [5.41, 5.74) is 0.626. The molecule has 10 heteroatoms. The van der Waals surface area contributed by atoms with Crippen molar-refractivity contribution in [1.29, 1.82) is 0 Å². The van der Waals surface area contributed by atoms with E-state index in [9.17, 15) is 18.5 Å². The molecule has 0 aliphatic heterocycles. The molecule has 24 heavy (non-hydrogen) atoms. The number of non-ortho nitro benzene ring substituents is 1. The van der Waals surface area contributed by atoms with Crippen molar-refractivity contribution in [2.24, 2.45) is 12.1 Å². The van der Waals surface area contributed by atoms with Gasteiger partial charge in [-0.05, 0) is 18.2 Å². The van der Waals surface area contributed by atoms with E-state index in [-0.39, 0.29) is 10.6 Å². The average molecular weight is 364 g/mol. The topological polar surface area (TPSA) is 107 Å². The van der Waals surface area contributed by atoms with Crippen LogP contribution in [0.2, 0.25) is 0 Å². The molecule has 1 aromatic heterocycles. The number of rotatable bonds is 4. The zero-order valence-corrected chi connectivity index (χ0v) is 14.0.